The number of hydrogen-bond acceptors (Lipinski definition) is 4. The summed E-state index contributed by atoms with van der Waals surface area (Å²) < 4.78 is 11.2. The molecular weight excluding hydrogens is 380 g/mol. The van der Waals surface area contributed by atoms with Gasteiger partial charge in [-0.1, -0.05) is 43.2 Å². The van der Waals surface area contributed by atoms with Crippen molar-refractivity contribution < 1.29 is 19.1 Å². The number of carbonyl (C=O) groups is 2. The number of rotatable bonds is 5. The van der Waals surface area contributed by atoms with Crippen LogP contribution >= 0.6 is 0 Å². The van der Waals surface area contributed by atoms with E-state index in [0.29, 0.717) is 36.0 Å². The predicted octanol–water partition coefficient (Wildman–Crippen LogP) is 3.22. The van der Waals surface area contributed by atoms with Crippen molar-refractivity contribution in [3.63, 3.8) is 0 Å². The molecule has 154 valence electrons. The molecule has 6 nitrogen and oxygen atoms in total. The van der Waals surface area contributed by atoms with Crippen molar-refractivity contribution in [3.05, 3.63) is 54.1 Å². The first-order chi connectivity index (χ1) is 14.7. The Kier molecular flexibility index (Phi) is 5.89. The molecule has 1 N–H and O–H groups in total. The predicted molar refractivity (Wildman–Crippen MR) is 113 cm³/mol. The van der Waals surface area contributed by atoms with Crippen molar-refractivity contribution in [3.8, 4) is 23.8 Å². The van der Waals surface area contributed by atoms with Crippen molar-refractivity contribution >= 4 is 17.5 Å². The van der Waals surface area contributed by atoms with Gasteiger partial charge >= 0.3 is 5.91 Å². The summed E-state index contributed by atoms with van der Waals surface area (Å²) in [5.41, 5.74) is 1.17. The maximum atomic E-state index is 13.4. The Morgan fingerprint density at radius 2 is 1.73 bits per heavy atom. The number of amides is 2. The van der Waals surface area contributed by atoms with Crippen molar-refractivity contribution in [2.75, 3.05) is 18.1 Å². The van der Waals surface area contributed by atoms with E-state index >= 15 is 0 Å². The fourth-order valence-corrected chi connectivity index (χ4v) is 4.04. The molecular formula is C24H24N2O4. The molecule has 0 radical (unpaired) electrons. The maximum absolute atomic E-state index is 13.4. The zero-order valence-electron chi connectivity index (χ0n) is 16.7. The van der Waals surface area contributed by atoms with Crippen molar-refractivity contribution in [1.29, 1.82) is 0 Å². The number of carbonyl (C=O) groups excluding carboxylic acids is 2. The summed E-state index contributed by atoms with van der Waals surface area (Å²) in [4.78, 5) is 27.6. The van der Waals surface area contributed by atoms with Crippen LogP contribution in [0.2, 0.25) is 0 Å². The molecule has 1 aliphatic heterocycles. The van der Waals surface area contributed by atoms with Crippen LogP contribution < -0.4 is 19.7 Å². The van der Waals surface area contributed by atoms with Gasteiger partial charge in [-0.25, -0.2) is 0 Å². The highest BCUT2D eigenvalue weighted by atomic mass is 16.6. The van der Waals surface area contributed by atoms with E-state index in [4.69, 9.17) is 15.9 Å². The Labute approximate surface area is 176 Å². The Hall–Kier alpha value is -3.46. The number of anilines is 1. The van der Waals surface area contributed by atoms with Gasteiger partial charge in [0.15, 0.2) is 11.5 Å². The lowest BCUT2D eigenvalue weighted by Gasteiger charge is -2.31. The lowest BCUT2D eigenvalue weighted by atomic mass is 10.0. The normalized spacial score (nSPS) is 16.4. The molecule has 1 aliphatic carbocycles. The molecule has 1 saturated carbocycles. The van der Waals surface area contributed by atoms with Crippen LogP contribution in [0.3, 0.4) is 0 Å². The number of ether oxygens (including phenoxy) is 2. The molecule has 1 atom stereocenters. The summed E-state index contributed by atoms with van der Waals surface area (Å²) in [6.07, 6.45) is 9.58. The number of nitrogens with one attached hydrogen (secondary N) is 1. The molecule has 1 heterocycles. The van der Waals surface area contributed by atoms with E-state index in [9.17, 15) is 9.59 Å². The van der Waals surface area contributed by atoms with Gasteiger partial charge in [-0.05, 0) is 36.5 Å². The zero-order valence-corrected chi connectivity index (χ0v) is 16.7. The van der Waals surface area contributed by atoms with E-state index in [1.165, 1.54) is 4.90 Å². The largest absolute Gasteiger partial charge is 0.486 e. The molecule has 2 aliphatic rings. The average Bonchev–Trinajstić information content (AvgIpc) is 3.30. The van der Waals surface area contributed by atoms with Gasteiger partial charge in [0.25, 0.3) is 0 Å². The second-order valence-corrected chi connectivity index (χ2v) is 7.45. The summed E-state index contributed by atoms with van der Waals surface area (Å²) in [5.74, 6) is 2.46. The average molecular weight is 404 g/mol. The van der Waals surface area contributed by atoms with E-state index in [1.54, 1.807) is 18.2 Å². The number of nitrogens with zero attached hydrogens (tertiary/aromatic N) is 1. The second kappa shape index (κ2) is 8.91. The molecule has 2 aromatic carbocycles. The monoisotopic (exact) mass is 404 g/mol. The van der Waals surface area contributed by atoms with E-state index < -0.39 is 11.9 Å². The highest BCUT2D eigenvalue weighted by molar-refractivity contribution is 6.09. The minimum atomic E-state index is -0.891. The minimum absolute atomic E-state index is 0.117. The Morgan fingerprint density at radius 3 is 2.43 bits per heavy atom. The summed E-state index contributed by atoms with van der Waals surface area (Å²) in [5, 5.41) is 3.11. The van der Waals surface area contributed by atoms with Crippen LogP contribution in [-0.4, -0.2) is 31.1 Å². The maximum Gasteiger partial charge on any atom is 0.303 e. The first-order valence-electron chi connectivity index (χ1n) is 10.2. The zero-order chi connectivity index (χ0) is 20.9. The first-order valence-corrected chi connectivity index (χ1v) is 10.2. The van der Waals surface area contributed by atoms with Gasteiger partial charge in [0.05, 0.1) is 0 Å². The third-order valence-corrected chi connectivity index (χ3v) is 5.47. The molecule has 0 saturated heterocycles. The molecule has 0 aromatic heterocycles. The Morgan fingerprint density at radius 1 is 1.03 bits per heavy atom. The molecule has 2 amide bonds. The molecule has 0 unspecified atom stereocenters. The molecule has 30 heavy (non-hydrogen) atoms. The van der Waals surface area contributed by atoms with E-state index in [2.05, 4.69) is 11.2 Å². The SMILES string of the molecule is C#CC(=O)N(c1ccc2c(c1)OCCO2)[C@H](C(=O)NC1CCCC1)c1ccccc1. The summed E-state index contributed by atoms with van der Waals surface area (Å²) in [6.45, 7) is 0.888. The molecule has 0 bridgehead atoms. The lowest BCUT2D eigenvalue weighted by molar-refractivity contribution is -0.125. The highest BCUT2D eigenvalue weighted by Gasteiger charge is 2.34. The molecule has 0 spiro atoms. The smallest absolute Gasteiger partial charge is 0.303 e. The van der Waals surface area contributed by atoms with E-state index in [1.807, 2.05) is 30.3 Å². The Bertz CT molecular complexity index is 961. The Balaban J connectivity index is 1.75. The number of fused-ring (bicyclic) bond motifs is 1. The van der Waals surface area contributed by atoms with Crippen LogP contribution in [0.4, 0.5) is 5.69 Å². The van der Waals surface area contributed by atoms with E-state index in [0.717, 1.165) is 25.7 Å². The first kappa shape index (κ1) is 19.8. The topological polar surface area (TPSA) is 67.9 Å². The fourth-order valence-electron chi connectivity index (χ4n) is 4.04. The molecule has 1 fully saturated rings. The fraction of sp³-hybridized carbons (Fsp3) is 0.333. The van der Waals surface area contributed by atoms with Crippen LogP contribution in [0.5, 0.6) is 11.5 Å². The van der Waals surface area contributed by atoms with Gasteiger partial charge < -0.3 is 14.8 Å². The van der Waals surface area contributed by atoms with Crippen LogP contribution in [-0.2, 0) is 9.59 Å². The third kappa shape index (κ3) is 4.11. The van der Waals surface area contributed by atoms with E-state index in [-0.39, 0.29) is 11.9 Å². The van der Waals surface area contributed by atoms with Crippen molar-refractivity contribution in [2.45, 2.75) is 37.8 Å². The summed E-state index contributed by atoms with van der Waals surface area (Å²) in [6, 6.07) is 13.6. The standard InChI is InChI=1S/C24H24N2O4/c1-2-22(27)26(19-12-13-20-21(16-19)30-15-14-29-20)23(17-8-4-3-5-9-17)24(28)25-18-10-6-7-11-18/h1,3-5,8-9,12-13,16,18,23H,6-7,10-11,14-15H2,(H,25,28)/t23-/m0/s1. The molecule has 6 heteroatoms. The van der Waals surface area contributed by atoms with Crippen LogP contribution in [0.15, 0.2) is 48.5 Å². The van der Waals surface area contributed by atoms with Crippen molar-refractivity contribution in [1.82, 2.24) is 5.32 Å². The van der Waals surface area contributed by atoms with Crippen LogP contribution in [0.1, 0.15) is 37.3 Å². The number of benzene rings is 2. The number of hydrogen-bond donors (Lipinski definition) is 1. The molecule has 4 rings (SSSR count). The van der Waals surface area contributed by atoms with Gasteiger partial charge in [0.1, 0.15) is 19.3 Å². The van der Waals surface area contributed by atoms with Gasteiger partial charge in [0.2, 0.25) is 5.91 Å². The van der Waals surface area contributed by atoms with Crippen LogP contribution in [0.25, 0.3) is 0 Å². The number of terminal acetylenes is 1. The minimum Gasteiger partial charge on any atom is -0.486 e. The van der Waals surface area contributed by atoms with Crippen LogP contribution in [0, 0.1) is 12.3 Å². The highest BCUT2D eigenvalue weighted by Crippen LogP contribution is 2.37. The lowest BCUT2D eigenvalue weighted by Crippen LogP contribution is -2.46. The molecule has 2 aromatic rings. The van der Waals surface area contributed by atoms with Gasteiger partial charge in [0, 0.05) is 17.8 Å². The van der Waals surface area contributed by atoms with Gasteiger partial charge in [-0.2, -0.15) is 0 Å². The van der Waals surface area contributed by atoms with Crippen molar-refractivity contribution in [2.24, 2.45) is 0 Å². The summed E-state index contributed by atoms with van der Waals surface area (Å²) >= 11 is 0. The summed E-state index contributed by atoms with van der Waals surface area (Å²) in [7, 11) is 0. The van der Waals surface area contributed by atoms with Gasteiger partial charge in [-0.3, -0.25) is 14.5 Å². The third-order valence-electron chi connectivity index (χ3n) is 5.47. The second-order valence-electron chi connectivity index (χ2n) is 7.45. The van der Waals surface area contributed by atoms with Gasteiger partial charge in [-0.15, -0.1) is 6.42 Å². The quantitative estimate of drug-likeness (QED) is 0.777.